The number of benzene rings is 2. The molecule has 2 aromatic carbocycles. The lowest BCUT2D eigenvalue weighted by molar-refractivity contribution is 0.0694. The molecule has 3 aliphatic rings. The number of cyclic esters (lactones) is 1. The van der Waals surface area contributed by atoms with Gasteiger partial charge in [0.1, 0.15) is 17.3 Å². The maximum Gasteiger partial charge on any atom is 0.415 e. The zero-order valence-electron chi connectivity index (χ0n) is 22.1. The van der Waals surface area contributed by atoms with Crippen molar-refractivity contribution in [2.75, 3.05) is 36.5 Å². The summed E-state index contributed by atoms with van der Waals surface area (Å²) in [6.45, 7) is 2.59. The number of carboxylic acids is 1. The molecule has 0 bridgehead atoms. The van der Waals surface area contributed by atoms with Gasteiger partial charge in [0.05, 0.1) is 24.6 Å². The monoisotopic (exact) mass is 546 g/mol. The van der Waals surface area contributed by atoms with E-state index in [9.17, 15) is 19.5 Å². The van der Waals surface area contributed by atoms with E-state index in [1.807, 2.05) is 29.2 Å². The Hall–Kier alpha value is -4.59. The number of hydrogen-bond acceptors (Lipinski definition) is 7. The summed E-state index contributed by atoms with van der Waals surface area (Å²) in [5, 5.41) is 18.8. The van der Waals surface area contributed by atoms with Gasteiger partial charge in [-0.2, -0.15) is 5.26 Å². The molecule has 6 rings (SSSR count). The van der Waals surface area contributed by atoms with Gasteiger partial charge in [-0.05, 0) is 55.9 Å². The number of anilines is 2. The average Bonchev–Trinajstić information content (AvgIpc) is 3.74. The van der Waals surface area contributed by atoms with Crippen LogP contribution in [0.15, 0.2) is 29.2 Å². The predicted octanol–water partition coefficient (Wildman–Crippen LogP) is 3.94. The van der Waals surface area contributed by atoms with Gasteiger partial charge in [-0.15, -0.1) is 0 Å². The first-order valence-electron chi connectivity index (χ1n) is 13.2. The van der Waals surface area contributed by atoms with Crippen LogP contribution in [0.1, 0.15) is 45.9 Å². The Kier molecular flexibility index (Phi) is 6.13. The Balaban J connectivity index is 1.41. The fourth-order valence-corrected chi connectivity index (χ4v) is 5.82. The topological polar surface area (TPSA) is 125 Å². The van der Waals surface area contributed by atoms with Gasteiger partial charge in [-0.25, -0.2) is 14.0 Å². The van der Waals surface area contributed by atoms with E-state index in [1.165, 1.54) is 25.1 Å². The van der Waals surface area contributed by atoms with Crippen molar-refractivity contribution in [3.05, 3.63) is 62.7 Å². The number of ether oxygens (including phenoxy) is 2. The lowest BCUT2D eigenvalue weighted by atomic mass is 10.0. The molecule has 1 unspecified atom stereocenters. The van der Waals surface area contributed by atoms with E-state index in [2.05, 4.69) is 0 Å². The molecule has 1 N–H and O–H groups in total. The fraction of sp³-hybridized carbons (Fsp3) is 0.379. The predicted molar refractivity (Wildman–Crippen MR) is 144 cm³/mol. The summed E-state index contributed by atoms with van der Waals surface area (Å²) in [7, 11) is 1.43. The number of nitrogens with zero attached hydrogens (tertiary/aromatic N) is 4. The Bertz CT molecular complexity index is 1690. The fourth-order valence-electron chi connectivity index (χ4n) is 5.82. The molecule has 2 fully saturated rings. The molecule has 206 valence electrons. The van der Waals surface area contributed by atoms with Crippen LogP contribution in [0.5, 0.6) is 5.75 Å². The van der Waals surface area contributed by atoms with Gasteiger partial charge in [0.25, 0.3) is 0 Å². The first-order chi connectivity index (χ1) is 19.2. The molecule has 0 radical (unpaired) electrons. The van der Waals surface area contributed by atoms with Crippen LogP contribution >= 0.6 is 0 Å². The molecule has 1 aliphatic carbocycles. The third kappa shape index (κ3) is 4.02. The van der Waals surface area contributed by atoms with Crippen LogP contribution in [0.25, 0.3) is 10.9 Å². The zero-order chi connectivity index (χ0) is 28.3. The minimum Gasteiger partial charge on any atom is -0.492 e. The second kappa shape index (κ2) is 9.55. The van der Waals surface area contributed by atoms with Crippen LogP contribution in [0.3, 0.4) is 0 Å². The molecule has 1 saturated carbocycles. The normalized spacial score (nSPS) is 18.8. The van der Waals surface area contributed by atoms with Crippen molar-refractivity contribution in [1.82, 2.24) is 4.57 Å². The lowest BCUT2D eigenvalue weighted by Gasteiger charge is -2.28. The summed E-state index contributed by atoms with van der Waals surface area (Å²) in [4.78, 5) is 40.7. The first kappa shape index (κ1) is 25.7. The van der Waals surface area contributed by atoms with E-state index >= 15 is 4.39 Å². The highest BCUT2D eigenvalue weighted by Gasteiger charge is 2.34. The molecule has 2 aliphatic heterocycles. The van der Waals surface area contributed by atoms with Crippen molar-refractivity contribution >= 4 is 34.3 Å². The Morgan fingerprint density at radius 3 is 2.55 bits per heavy atom. The van der Waals surface area contributed by atoms with Crippen molar-refractivity contribution in [2.24, 2.45) is 0 Å². The van der Waals surface area contributed by atoms with Crippen molar-refractivity contribution in [3.63, 3.8) is 0 Å². The summed E-state index contributed by atoms with van der Waals surface area (Å²) >= 11 is 0. The van der Waals surface area contributed by atoms with Gasteiger partial charge < -0.3 is 24.0 Å². The number of methoxy groups -OCH3 is 1. The first-order valence-corrected chi connectivity index (χ1v) is 13.2. The van der Waals surface area contributed by atoms with E-state index in [4.69, 9.17) is 14.7 Å². The standard InChI is InChI=1S/C29H27FN4O6/c1-15-22-24(33(18-5-6-18)14-21(26(22)35)28(36)37)27(39-2)25(23(15)30)32-9-7-16-3-4-19(11-17(16)8-10-32)34-13-20(12-31)40-29(34)38/h3-4,11,14,18,20H,5-10,13H2,1-2H3,(H,36,37). The molecular weight excluding hydrogens is 519 g/mol. The molecule has 11 heteroatoms. The van der Waals surface area contributed by atoms with Gasteiger partial charge in [0, 0.05) is 36.6 Å². The Morgan fingerprint density at radius 2 is 1.93 bits per heavy atom. The van der Waals surface area contributed by atoms with Crippen LogP contribution < -0.4 is 20.0 Å². The van der Waals surface area contributed by atoms with Gasteiger partial charge in [0.15, 0.2) is 11.6 Å². The molecule has 3 aromatic rings. The number of carboxylic acid groups (broad SMARTS) is 1. The number of aromatic carboxylic acids is 1. The van der Waals surface area contributed by atoms with E-state index < -0.39 is 29.4 Å². The van der Waals surface area contributed by atoms with Crippen LogP contribution in [0.2, 0.25) is 0 Å². The minimum absolute atomic E-state index is 0.0116. The molecule has 0 spiro atoms. The highest BCUT2D eigenvalue weighted by atomic mass is 19.1. The number of nitriles is 1. The number of carbonyl (C=O) groups is 2. The van der Waals surface area contributed by atoms with Gasteiger partial charge >= 0.3 is 12.1 Å². The SMILES string of the molecule is COc1c(N2CCc3ccc(N4CC(C#N)OC4=O)cc3CC2)c(F)c(C)c2c(=O)c(C(=O)O)cn(C3CC3)c12. The highest BCUT2D eigenvalue weighted by molar-refractivity contribution is 5.99. The molecule has 1 saturated heterocycles. The average molecular weight is 547 g/mol. The molecule has 1 amide bonds. The van der Waals surface area contributed by atoms with E-state index in [1.54, 1.807) is 4.57 Å². The number of fused-ring (bicyclic) bond motifs is 2. The lowest BCUT2D eigenvalue weighted by Crippen LogP contribution is -2.29. The maximum atomic E-state index is 16.2. The molecule has 3 heterocycles. The summed E-state index contributed by atoms with van der Waals surface area (Å²) in [6, 6.07) is 7.65. The number of rotatable bonds is 5. The summed E-state index contributed by atoms with van der Waals surface area (Å²) in [5.74, 6) is -1.74. The van der Waals surface area contributed by atoms with Crippen LogP contribution in [-0.2, 0) is 17.6 Å². The largest absolute Gasteiger partial charge is 0.492 e. The third-order valence-corrected chi connectivity index (χ3v) is 8.03. The molecule has 1 aromatic heterocycles. The number of aryl methyl sites for hydroxylation is 1. The zero-order valence-corrected chi connectivity index (χ0v) is 22.1. The molecule has 10 nitrogen and oxygen atoms in total. The quantitative estimate of drug-likeness (QED) is 0.510. The number of amides is 1. The van der Waals surface area contributed by atoms with Crippen LogP contribution in [0, 0.1) is 24.1 Å². The Labute approximate surface area is 228 Å². The highest BCUT2D eigenvalue weighted by Crippen LogP contribution is 2.45. The number of halogens is 1. The van der Waals surface area contributed by atoms with Crippen LogP contribution in [-0.4, -0.2) is 54.6 Å². The number of carbonyl (C=O) groups excluding carboxylic acids is 1. The van der Waals surface area contributed by atoms with E-state index in [0.717, 1.165) is 24.0 Å². The summed E-state index contributed by atoms with van der Waals surface area (Å²) in [6.07, 6.45) is 2.80. The smallest absolute Gasteiger partial charge is 0.415 e. The number of aromatic nitrogens is 1. The second-order valence-electron chi connectivity index (χ2n) is 10.4. The molecular formula is C29H27FN4O6. The summed E-state index contributed by atoms with van der Waals surface area (Å²) < 4.78 is 28.8. The van der Waals surface area contributed by atoms with Crippen molar-refractivity contribution < 1.29 is 28.6 Å². The minimum atomic E-state index is -1.35. The van der Waals surface area contributed by atoms with Crippen molar-refractivity contribution in [2.45, 2.75) is 44.8 Å². The van der Waals surface area contributed by atoms with E-state index in [-0.39, 0.29) is 40.5 Å². The summed E-state index contributed by atoms with van der Waals surface area (Å²) in [5.41, 5.74) is 2.35. The van der Waals surface area contributed by atoms with Crippen molar-refractivity contribution in [1.29, 1.82) is 5.26 Å². The van der Waals surface area contributed by atoms with Crippen molar-refractivity contribution in [3.8, 4) is 11.8 Å². The third-order valence-electron chi connectivity index (χ3n) is 8.03. The van der Waals surface area contributed by atoms with Gasteiger partial charge in [-0.3, -0.25) is 9.69 Å². The van der Waals surface area contributed by atoms with E-state index in [0.29, 0.717) is 37.1 Å². The maximum absolute atomic E-state index is 16.2. The second-order valence-corrected chi connectivity index (χ2v) is 10.4. The Morgan fingerprint density at radius 1 is 1.20 bits per heavy atom. The number of pyridine rings is 1. The van der Waals surface area contributed by atoms with Gasteiger partial charge in [0.2, 0.25) is 11.5 Å². The number of hydrogen-bond donors (Lipinski definition) is 1. The molecule has 40 heavy (non-hydrogen) atoms. The molecule has 1 atom stereocenters. The van der Waals surface area contributed by atoms with Crippen LogP contribution in [0.4, 0.5) is 20.6 Å². The van der Waals surface area contributed by atoms with Gasteiger partial charge in [-0.1, -0.05) is 6.07 Å².